The molecular weight excluding hydrogens is 323 g/mol. The van der Waals surface area contributed by atoms with Crippen molar-refractivity contribution in [1.29, 1.82) is 0 Å². The normalized spacial score (nSPS) is 15.3. The maximum absolute atomic E-state index is 11.1. The van der Waals surface area contributed by atoms with Crippen molar-refractivity contribution in [3.63, 3.8) is 0 Å². The zero-order valence-electron chi connectivity index (χ0n) is 9.20. The Bertz CT molecular complexity index is 546. The van der Waals surface area contributed by atoms with Crippen molar-refractivity contribution >= 4 is 25.1 Å². The first kappa shape index (κ1) is 14.8. The summed E-state index contributed by atoms with van der Waals surface area (Å²) < 4.78 is 61.6. The number of para-hydroxylation sites is 1. The van der Waals surface area contributed by atoms with E-state index >= 15 is 0 Å². The van der Waals surface area contributed by atoms with Gasteiger partial charge in [-0.15, -0.1) is 0 Å². The molecule has 8 heteroatoms. The summed E-state index contributed by atoms with van der Waals surface area (Å²) in [5.41, 5.74) is 1.27. The molecule has 2 rings (SSSR count). The summed E-state index contributed by atoms with van der Waals surface area (Å²) in [6, 6.07) is 12.5. The first-order chi connectivity index (χ1) is 7.83. The van der Waals surface area contributed by atoms with E-state index in [2.05, 4.69) is 54.2 Å². The van der Waals surface area contributed by atoms with Gasteiger partial charge >= 0.3 is 35.0 Å². The standard InChI is InChI=1S/C10H10N.AsF6/c1-11-8-4-6-9-5-2-3-7-10(9)11;2-1(3,4,5,6)7/h2-8H,1H3;/q+1;-1. The predicted octanol–water partition coefficient (Wildman–Crippen LogP) is 3.80. The van der Waals surface area contributed by atoms with Gasteiger partial charge in [0, 0.05) is 17.5 Å². The van der Waals surface area contributed by atoms with Crippen molar-refractivity contribution in [2.75, 3.05) is 0 Å². The van der Waals surface area contributed by atoms with Crippen molar-refractivity contribution in [3.8, 4) is 0 Å². The van der Waals surface area contributed by atoms with Gasteiger partial charge in [0.15, 0.2) is 6.20 Å². The van der Waals surface area contributed by atoms with E-state index < -0.39 is 14.2 Å². The molecule has 0 saturated carbocycles. The van der Waals surface area contributed by atoms with Gasteiger partial charge in [-0.25, -0.2) is 4.57 Å². The number of hydrogen-bond acceptors (Lipinski definition) is 0. The number of halogens is 6. The average Bonchev–Trinajstić information content (AvgIpc) is 2.14. The Morgan fingerprint density at radius 3 is 1.78 bits per heavy atom. The minimum atomic E-state index is -11.1. The van der Waals surface area contributed by atoms with Gasteiger partial charge in [0.05, 0.1) is 0 Å². The van der Waals surface area contributed by atoms with Gasteiger partial charge in [0.1, 0.15) is 7.05 Å². The molecule has 0 spiro atoms. The van der Waals surface area contributed by atoms with Crippen LogP contribution in [0.4, 0.5) is 20.8 Å². The number of benzene rings is 1. The molecule has 0 N–H and O–H groups in total. The summed E-state index contributed by atoms with van der Waals surface area (Å²) in [5.74, 6) is 0. The van der Waals surface area contributed by atoms with Gasteiger partial charge in [-0.2, -0.15) is 0 Å². The summed E-state index contributed by atoms with van der Waals surface area (Å²) in [6.45, 7) is 0. The summed E-state index contributed by atoms with van der Waals surface area (Å²) >= 11 is -11.1. The van der Waals surface area contributed by atoms with E-state index in [1.807, 2.05) is 0 Å². The van der Waals surface area contributed by atoms with Gasteiger partial charge in [-0.1, -0.05) is 12.1 Å². The summed E-state index contributed by atoms with van der Waals surface area (Å²) in [4.78, 5) is 0. The number of nitrogens with zero attached hydrogens (tertiary/aromatic N) is 1. The Morgan fingerprint density at radius 1 is 0.833 bits per heavy atom. The summed E-state index contributed by atoms with van der Waals surface area (Å²) in [7, 11) is 2.06. The Balaban J connectivity index is 0.000000203. The van der Waals surface area contributed by atoms with Crippen LogP contribution in [0.5, 0.6) is 0 Å². The first-order valence-electron chi connectivity index (χ1n) is 4.73. The molecule has 0 saturated heterocycles. The molecule has 0 aliphatic rings. The van der Waals surface area contributed by atoms with E-state index in [1.54, 1.807) is 0 Å². The van der Waals surface area contributed by atoms with Crippen molar-refractivity contribution in [3.05, 3.63) is 42.6 Å². The number of hydrogen-bond donors (Lipinski definition) is 0. The second-order valence-corrected chi connectivity index (χ2v) is 7.66. The zero-order chi connectivity index (χ0) is 14.1. The third-order valence-corrected chi connectivity index (χ3v) is 1.90. The van der Waals surface area contributed by atoms with Crippen LogP contribution in [0.2, 0.25) is 0 Å². The van der Waals surface area contributed by atoms with Crippen LogP contribution in [-0.2, 0) is 7.05 Å². The molecule has 0 aliphatic heterocycles. The number of aromatic nitrogens is 1. The molecule has 0 amide bonds. The molecule has 1 aromatic heterocycles. The van der Waals surface area contributed by atoms with Gasteiger partial charge in [0.2, 0.25) is 5.52 Å². The Hall–Kier alpha value is -1.23. The van der Waals surface area contributed by atoms with Gasteiger partial charge in [-0.05, 0) is 12.1 Å². The van der Waals surface area contributed by atoms with Crippen LogP contribution in [-0.4, -0.2) is 14.2 Å². The van der Waals surface area contributed by atoms with Crippen LogP contribution in [0.3, 0.4) is 0 Å². The van der Waals surface area contributed by atoms with Crippen LogP contribution in [0.15, 0.2) is 42.6 Å². The van der Waals surface area contributed by atoms with Gasteiger partial charge in [0.25, 0.3) is 0 Å². The molecule has 0 aliphatic carbocycles. The topological polar surface area (TPSA) is 3.88 Å². The van der Waals surface area contributed by atoms with Gasteiger partial charge < -0.3 is 0 Å². The fourth-order valence-electron chi connectivity index (χ4n) is 1.31. The fourth-order valence-corrected chi connectivity index (χ4v) is 1.31. The second kappa shape index (κ2) is 3.88. The van der Waals surface area contributed by atoms with Crippen LogP contribution >= 0.6 is 0 Å². The van der Waals surface area contributed by atoms with Crippen molar-refractivity contribution in [2.24, 2.45) is 7.05 Å². The van der Waals surface area contributed by atoms with Crippen molar-refractivity contribution in [2.45, 2.75) is 0 Å². The molecule has 1 aromatic carbocycles. The van der Waals surface area contributed by atoms with E-state index in [4.69, 9.17) is 0 Å². The predicted molar refractivity (Wildman–Crippen MR) is 57.5 cm³/mol. The Morgan fingerprint density at radius 2 is 1.28 bits per heavy atom. The molecule has 2 aromatic rings. The first-order valence-corrected chi connectivity index (χ1v) is 8.98. The SMILES string of the molecule is C[n+]1cccc2ccccc21.F[As-](F)(F)(F)(F)F. The quantitative estimate of drug-likeness (QED) is 0.392. The minimum absolute atomic E-state index is 1.27. The van der Waals surface area contributed by atoms with Gasteiger partial charge in [-0.3, -0.25) is 0 Å². The molecule has 0 fully saturated rings. The third kappa shape index (κ3) is 7.16. The number of fused-ring (bicyclic) bond motifs is 1. The van der Waals surface area contributed by atoms with Crippen LogP contribution in [0, 0.1) is 0 Å². The van der Waals surface area contributed by atoms with E-state index in [1.165, 1.54) is 10.9 Å². The van der Waals surface area contributed by atoms with Crippen molar-refractivity contribution < 1.29 is 25.4 Å². The van der Waals surface area contributed by atoms with E-state index in [-0.39, 0.29) is 0 Å². The van der Waals surface area contributed by atoms with Crippen molar-refractivity contribution in [1.82, 2.24) is 0 Å². The van der Waals surface area contributed by atoms with E-state index in [0.29, 0.717) is 0 Å². The second-order valence-electron chi connectivity index (χ2n) is 3.64. The maximum atomic E-state index is 9.91. The molecule has 0 radical (unpaired) electrons. The number of aryl methyl sites for hydroxylation is 1. The molecular formula is C10H10AsF6N. The molecule has 1 heterocycles. The third-order valence-electron chi connectivity index (χ3n) is 1.90. The number of rotatable bonds is 0. The molecule has 0 unspecified atom stereocenters. The van der Waals surface area contributed by atoms with Crippen LogP contribution in [0.1, 0.15) is 0 Å². The number of pyridine rings is 1. The summed E-state index contributed by atoms with van der Waals surface area (Å²) in [5, 5.41) is 1.29. The molecule has 0 bridgehead atoms. The average molecular weight is 333 g/mol. The molecule has 0 atom stereocenters. The molecule has 102 valence electrons. The molecule has 1 nitrogen and oxygen atoms in total. The Labute approximate surface area is 101 Å². The van der Waals surface area contributed by atoms with Crippen LogP contribution < -0.4 is 4.57 Å². The monoisotopic (exact) mass is 333 g/mol. The van der Waals surface area contributed by atoms with E-state index in [9.17, 15) is 20.8 Å². The fraction of sp³-hybridized carbons (Fsp3) is 0.100. The molecule has 18 heavy (non-hydrogen) atoms. The summed E-state index contributed by atoms with van der Waals surface area (Å²) in [6.07, 6.45) is 2.06. The van der Waals surface area contributed by atoms with Crippen LogP contribution in [0.25, 0.3) is 10.9 Å². The Kier molecular flexibility index (Phi) is 3.20. The zero-order valence-corrected chi connectivity index (χ0v) is 11.1. The van der Waals surface area contributed by atoms with E-state index in [0.717, 1.165) is 0 Å².